The summed E-state index contributed by atoms with van der Waals surface area (Å²) in [6, 6.07) is 20.1. The van der Waals surface area contributed by atoms with E-state index in [9.17, 15) is 13.6 Å². The number of allylic oxidation sites excluding steroid dienone is 1. The molecule has 24 heavy (non-hydrogen) atoms. The fourth-order valence-corrected chi connectivity index (χ4v) is 2.42. The number of rotatable bonds is 4. The lowest BCUT2D eigenvalue weighted by molar-refractivity contribution is 0.104. The second-order valence-electron chi connectivity index (χ2n) is 5.35. The normalized spacial score (nSPS) is 10.9. The maximum absolute atomic E-state index is 13.2. The Bertz CT molecular complexity index is 878. The van der Waals surface area contributed by atoms with Gasteiger partial charge in [0.15, 0.2) is 5.78 Å². The smallest absolute Gasteiger partial charge is 0.185 e. The average Bonchev–Trinajstić information content (AvgIpc) is 2.60. The number of hydrogen-bond acceptors (Lipinski definition) is 1. The quantitative estimate of drug-likeness (QED) is 0.456. The second kappa shape index (κ2) is 7.01. The van der Waals surface area contributed by atoms with E-state index in [4.69, 9.17) is 0 Å². The standard InChI is InChI=1S/C21H14F2O/c22-19-11-15(12-20(23)14-19)9-10-21(24)18-8-4-7-17(13-18)16-5-2-1-3-6-16/h1-14H/b10-9+. The third kappa shape index (κ3) is 3.82. The molecule has 0 saturated heterocycles. The molecular formula is C21H14F2O. The molecule has 0 heterocycles. The van der Waals surface area contributed by atoms with Crippen molar-refractivity contribution in [3.63, 3.8) is 0 Å². The van der Waals surface area contributed by atoms with Crippen molar-refractivity contribution < 1.29 is 13.6 Å². The van der Waals surface area contributed by atoms with Gasteiger partial charge in [-0.2, -0.15) is 0 Å². The summed E-state index contributed by atoms with van der Waals surface area (Å²) in [7, 11) is 0. The highest BCUT2D eigenvalue weighted by atomic mass is 19.1. The predicted octanol–water partition coefficient (Wildman–Crippen LogP) is 5.53. The minimum atomic E-state index is -0.673. The van der Waals surface area contributed by atoms with E-state index >= 15 is 0 Å². The van der Waals surface area contributed by atoms with Gasteiger partial charge in [-0.25, -0.2) is 8.78 Å². The van der Waals surface area contributed by atoms with Crippen LogP contribution in [0.1, 0.15) is 15.9 Å². The van der Waals surface area contributed by atoms with Gasteiger partial charge in [0.1, 0.15) is 11.6 Å². The Balaban J connectivity index is 1.84. The van der Waals surface area contributed by atoms with Crippen molar-refractivity contribution in [1.29, 1.82) is 0 Å². The molecule has 0 radical (unpaired) electrons. The zero-order valence-corrected chi connectivity index (χ0v) is 12.7. The third-order valence-corrected chi connectivity index (χ3v) is 3.57. The molecule has 118 valence electrons. The topological polar surface area (TPSA) is 17.1 Å². The lowest BCUT2D eigenvalue weighted by atomic mass is 10.0. The molecule has 0 saturated carbocycles. The van der Waals surface area contributed by atoms with E-state index in [-0.39, 0.29) is 5.78 Å². The van der Waals surface area contributed by atoms with Gasteiger partial charge >= 0.3 is 0 Å². The molecule has 3 rings (SSSR count). The number of ketones is 1. The first kappa shape index (κ1) is 15.8. The van der Waals surface area contributed by atoms with Crippen molar-refractivity contribution in [2.24, 2.45) is 0 Å². The molecule has 3 aromatic carbocycles. The Hall–Kier alpha value is -3.07. The molecule has 0 aliphatic heterocycles. The van der Waals surface area contributed by atoms with Gasteiger partial charge in [-0.05, 0) is 41.0 Å². The summed E-state index contributed by atoms with van der Waals surface area (Å²) in [6.45, 7) is 0. The highest BCUT2D eigenvalue weighted by Crippen LogP contribution is 2.20. The van der Waals surface area contributed by atoms with Crippen molar-refractivity contribution in [1.82, 2.24) is 0 Å². The van der Waals surface area contributed by atoms with Crippen molar-refractivity contribution in [2.45, 2.75) is 0 Å². The van der Waals surface area contributed by atoms with Crippen molar-refractivity contribution in [2.75, 3.05) is 0 Å². The first-order chi connectivity index (χ1) is 11.6. The summed E-state index contributed by atoms with van der Waals surface area (Å²) in [6.07, 6.45) is 2.72. The van der Waals surface area contributed by atoms with E-state index < -0.39 is 11.6 Å². The van der Waals surface area contributed by atoms with Gasteiger partial charge in [-0.3, -0.25) is 4.79 Å². The van der Waals surface area contributed by atoms with Gasteiger partial charge in [0, 0.05) is 11.6 Å². The number of halogens is 2. The van der Waals surface area contributed by atoms with Crippen LogP contribution in [0.25, 0.3) is 17.2 Å². The van der Waals surface area contributed by atoms with E-state index in [1.807, 2.05) is 42.5 Å². The van der Waals surface area contributed by atoms with Crippen LogP contribution in [0.4, 0.5) is 8.78 Å². The van der Waals surface area contributed by atoms with Crippen LogP contribution >= 0.6 is 0 Å². The summed E-state index contributed by atoms with van der Waals surface area (Å²) in [4.78, 5) is 12.3. The Morgan fingerprint density at radius 3 is 2.12 bits per heavy atom. The zero-order chi connectivity index (χ0) is 16.9. The van der Waals surface area contributed by atoms with Crippen molar-refractivity contribution in [3.8, 4) is 11.1 Å². The van der Waals surface area contributed by atoms with E-state index in [1.54, 1.807) is 12.1 Å². The summed E-state index contributed by atoms with van der Waals surface area (Å²) in [5.74, 6) is -1.57. The van der Waals surface area contributed by atoms with Crippen molar-refractivity contribution >= 4 is 11.9 Å². The Morgan fingerprint density at radius 1 is 0.750 bits per heavy atom. The van der Waals surface area contributed by atoms with E-state index in [2.05, 4.69) is 0 Å². The largest absolute Gasteiger partial charge is 0.289 e. The van der Waals surface area contributed by atoms with Gasteiger partial charge in [-0.1, -0.05) is 54.6 Å². The highest BCUT2D eigenvalue weighted by Gasteiger charge is 2.05. The van der Waals surface area contributed by atoms with Crippen LogP contribution < -0.4 is 0 Å². The molecular weight excluding hydrogens is 306 g/mol. The molecule has 0 fully saturated rings. The minimum Gasteiger partial charge on any atom is -0.289 e. The van der Waals surface area contributed by atoms with E-state index in [1.165, 1.54) is 24.3 Å². The molecule has 1 nitrogen and oxygen atoms in total. The molecule has 0 aromatic heterocycles. The summed E-state index contributed by atoms with van der Waals surface area (Å²) in [5, 5.41) is 0. The molecule has 0 bridgehead atoms. The van der Waals surface area contributed by atoms with Crippen LogP contribution in [0.2, 0.25) is 0 Å². The van der Waals surface area contributed by atoms with Crippen LogP contribution in [0, 0.1) is 11.6 Å². The number of hydrogen-bond donors (Lipinski definition) is 0. The number of carbonyl (C=O) groups excluding carboxylic acids is 1. The molecule has 3 heteroatoms. The SMILES string of the molecule is O=C(/C=C/c1cc(F)cc(F)c1)c1cccc(-c2ccccc2)c1. The fourth-order valence-electron chi connectivity index (χ4n) is 2.42. The van der Waals surface area contributed by atoms with Crippen LogP contribution in [-0.4, -0.2) is 5.78 Å². The molecule has 0 amide bonds. The molecule has 0 unspecified atom stereocenters. The monoisotopic (exact) mass is 320 g/mol. The molecule has 0 spiro atoms. The maximum Gasteiger partial charge on any atom is 0.185 e. The summed E-state index contributed by atoms with van der Waals surface area (Å²) < 4.78 is 26.3. The zero-order valence-electron chi connectivity index (χ0n) is 12.7. The van der Waals surface area contributed by atoms with Gasteiger partial charge in [0.05, 0.1) is 0 Å². The Kier molecular flexibility index (Phi) is 4.62. The predicted molar refractivity (Wildman–Crippen MR) is 91.6 cm³/mol. The Morgan fingerprint density at radius 2 is 1.42 bits per heavy atom. The van der Waals surface area contributed by atoms with Crippen molar-refractivity contribution in [3.05, 3.63) is 102 Å². The first-order valence-electron chi connectivity index (χ1n) is 7.46. The van der Waals surface area contributed by atoms with Gasteiger partial charge < -0.3 is 0 Å². The first-order valence-corrected chi connectivity index (χ1v) is 7.46. The number of carbonyl (C=O) groups is 1. The minimum absolute atomic E-state index is 0.225. The summed E-state index contributed by atoms with van der Waals surface area (Å²) >= 11 is 0. The van der Waals surface area contributed by atoms with Crippen LogP contribution in [-0.2, 0) is 0 Å². The van der Waals surface area contributed by atoms with Gasteiger partial charge in [-0.15, -0.1) is 0 Å². The lowest BCUT2D eigenvalue weighted by Crippen LogP contribution is -1.94. The molecule has 0 N–H and O–H groups in total. The fraction of sp³-hybridized carbons (Fsp3) is 0. The number of benzene rings is 3. The van der Waals surface area contributed by atoms with E-state index in [0.29, 0.717) is 11.1 Å². The third-order valence-electron chi connectivity index (χ3n) is 3.57. The molecule has 0 atom stereocenters. The maximum atomic E-state index is 13.2. The lowest BCUT2D eigenvalue weighted by Gasteiger charge is -2.03. The van der Waals surface area contributed by atoms with Crippen LogP contribution in [0.5, 0.6) is 0 Å². The van der Waals surface area contributed by atoms with E-state index in [0.717, 1.165) is 17.2 Å². The van der Waals surface area contributed by atoms with Crippen LogP contribution in [0.3, 0.4) is 0 Å². The second-order valence-corrected chi connectivity index (χ2v) is 5.35. The average molecular weight is 320 g/mol. The van der Waals surface area contributed by atoms with Gasteiger partial charge in [0.25, 0.3) is 0 Å². The highest BCUT2D eigenvalue weighted by molar-refractivity contribution is 6.07. The summed E-state index contributed by atoms with van der Waals surface area (Å²) in [5.41, 5.74) is 2.78. The Labute approximate surface area is 138 Å². The molecule has 3 aromatic rings. The molecule has 0 aliphatic rings. The molecule has 0 aliphatic carbocycles. The van der Waals surface area contributed by atoms with Gasteiger partial charge in [0.2, 0.25) is 0 Å². The van der Waals surface area contributed by atoms with Crippen LogP contribution in [0.15, 0.2) is 78.9 Å².